The molecule has 38 heavy (non-hydrogen) atoms. The molecule has 1 atom stereocenters. The van der Waals surface area contributed by atoms with Crippen molar-refractivity contribution in [3.8, 4) is 11.1 Å². The number of likely N-dealkylation sites (tertiary alicyclic amines) is 1. The third-order valence-electron chi connectivity index (χ3n) is 7.95. The highest BCUT2D eigenvalue weighted by Gasteiger charge is 2.29. The smallest absolute Gasteiger partial charge is 0.272 e. The molecule has 0 spiro atoms. The van der Waals surface area contributed by atoms with E-state index in [1.165, 1.54) is 11.1 Å². The largest absolute Gasteiger partial charge is 0.368 e. The average molecular weight is 514 g/mol. The quantitative estimate of drug-likeness (QED) is 0.536. The van der Waals surface area contributed by atoms with Gasteiger partial charge in [0.1, 0.15) is 17.3 Å². The second kappa shape index (κ2) is 9.85. The summed E-state index contributed by atoms with van der Waals surface area (Å²) in [6.07, 6.45) is 2.71. The van der Waals surface area contributed by atoms with E-state index >= 15 is 0 Å². The molecule has 0 bridgehead atoms. The molecule has 0 radical (unpaired) electrons. The van der Waals surface area contributed by atoms with Crippen molar-refractivity contribution in [2.24, 2.45) is 5.73 Å². The van der Waals surface area contributed by atoms with E-state index < -0.39 is 0 Å². The summed E-state index contributed by atoms with van der Waals surface area (Å²) in [5, 5.41) is 0. The second-order valence-corrected chi connectivity index (χ2v) is 10.8. The molecule has 2 saturated heterocycles. The predicted molar refractivity (Wildman–Crippen MR) is 149 cm³/mol. The fourth-order valence-corrected chi connectivity index (χ4v) is 5.54. The molecule has 1 aromatic carbocycles. The number of hydrogen-bond donors (Lipinski definition) is 2. The lowest BCUT2D eigenvalue weighted by atomic mass is 9.91. The van der Waals surface area contributed by atoms with Crippen LogP contribution in [0, 0.1) is 0 Å². The number of rotatable bonds is 4. The number of hydrogen-bond acceptors (Lipinski definition) is 9. The van der Waals surface area contributed by atoms with Crippen LogP contribution in [0.5, 0.6) is 0 Å². The summed E-state index contributed by atoms with van der Waals surface area (Å²) < 4.78 is 0. The molecule has 3 aliphatic heterocycles. The van der Waals surface area contributed by atoms with Gasteiger partial charge in [0.15, 0.2) is 0 Å². The van der Waals surface area contributed by atoms with E-state index in [0.717, 1.165) is 61.9 Å². The van der Waals surface area contributed by atoms with E-state index in [4.69, 9.17) is 11.5 Å². The highest BCUT2D eigenvalue weighted by atomic mass is 16.2. The van der Waals surface area contributed by atoms with Gasteiger partial charge in [-0.1, -0.05) is 18.2 Å². The minimum atomic E-state index is -0.0617. The fraction of sp³-hybridized carbons (Fsp3) is 0.429. The van der Waals surface area contributed by atoms with Gasteiger partial charge in [-0.2, -0.15) is 9.97 Å². The van der Waals surface area contributed by atoms with Gasteiger partial charge >= 0.3 is 0 Å². The van der Waals surface area contributed by atoms with E-state index in [9.17, 15) is 4.79 Å². The first-order chi connectivity index (χ1) is 18.3. The molecule has 0 aliphatic carbocycles. The summed E-state index contributed by atoms with van der Waals surface area (Å²) >= 11 is 0. The number of likely N-dealkylation sites (N-methyl/N-ethyl adjacent to an activating group) is 1. The van der Waals surface area contributed by atoms with Crippen LogP contribution >= 0.6 is 0 Å². The highest BCUT2D eigenvalue weighted by Crippen LogP contribution is 2.32. The van der Waals surface area contributed by atoms with E-state index in [-0.39, 0.29) is 18.0 Å². The van der Waals surface area contributed by atoms with E-state index in [1.54, 1.807) is 17.2 Å². The van der Waals surface area contributed by atoms with Crippen LogP contribution < -0.4 is 21.3 Å². The van der Waals surface area contributed by atoms with E-state index in [1.807, 2.05) is 6.07 Å². The van der Waals surface area contributed by atoms with Crippen LogP contribution in [0.3, 0.4) is 0 Å². The summed E-state index contributed by atoms with van der Waals surface area (Å²) in [5.74, 6) is 2.01. The molecular weight excluding hydrogens is 478 g/mol. The van der Waals surface area contributed by atoms with Gasteiger partial charge in [0, 0.05) is 75.7 Å². The number of piperazine rings is 1. The maximum atomic E-state index is 12.6. The number of carbonyl (C=O) groups excluding carboxylic acids is 1. The number of fused-ring (bicyclic) bond motifs is 1. The van der Waals surface area contributed by atoms with Crippen molar-refractivity contribution in [1.82, 2.24) is 24.8 Å². The zero-order valence-electron chi connectivity index (χ0n) is 22.0. The van der Waals surface area contributed by atoms with Gasteiger partial charge < -0.3 is 31.1 Å². The molecule has 1 unspecified atom stereocenters. The fourth-order valence-electron chi connectivity index (χ4n) is 5.54. The molecule has 10 nitrogen and oxygen atoms in total. The molecule has 0 saturated carbocycles. The van der Waals surface area contributed by atoms with Crippen molar-refractivity contribution in [3.63, 3.8) is 0 Å². The number of nitrogens with zero attached hydrogens (tertiary/aromatic N) is 7. The van der Waals surface area contributed by atoms with Crippen LogP contribution in [0.1, 0.15) is 28.5 Å². The summed E-state index contributed by atoms with van der Waals surface area (Å²) in [5.41, 5.74) is 17.1. The molecule has 5 heterocycles. The Morgan fingerprint density at radius 1 is 0.947 bits per heavy atom. The Labute approximate surface area is 223 Å². The first-order valence-electron chi connectivity index (χ1n) is 13.3. The molecule has 4 N–H and O–H groups in total. The molecule has 6 rings (SSSR count). The number of pyridine rings is 1. The van der Waals surface area contributed by atoms with Crippen molar-refractivity contribution in [1.29, 1.82) is 0 Å². The standard InChI is InChI=1S/C28H35N9O/c1-18-11-19-3-4-20(21-5-6-24(31-14-21)27(38)36-16-23(29)17-36)12-22(19)15-37(18)26-13-25(32-28(30)33-26)35-9-7-34(2)8-10-35/h3-6,12-14,18,23H,7-11,15-17,29H2,1-2H3,(H2,30,32,33). The van der Waals surface area contributed by atoms with Crippen molar-refractivity contribution < 1.29 is 4.79 Å². The normalized spacial score (nSPS) is 20.3. The van der Waals surface area contributed by atoms with Crippen LogP contribution in [0.4, 0.5) is 17.6 Å². The summed E-state index contributed by atoms with van der Waals surface area (Å²) in [4.78, 5) is 34.9. The number of anilines is 3. The second-order valence-electron chi connectivity index (χ2n) is 10.8. The Kier molecular flexibility index (Phi) is 6.37. The van der Waals surface area contributed by atoms with Crippen LogP contribution in [-0.2, 0) is 13.0 Å². The minimum Gasteiger partial charge on any atom is -0.368 e. The zero-order chi connectivity index (χ0) is 26.4. The topological polar surface area (TPSA) is 121 Å². The maximum absolute atomic E-state index is 12.6. The Morgan fingerprint density at radius 2 is 1.68 bits per heavy atom. The van der Waals surface area contributed by atoms with Crippen LogP contribution in [-0.4, -0.2) is 89.1 Å². The lowest BCUT2D eigenvalue weighted by Crippen LogP contribution is -2.57. The third-order valence-corrected chi connectivity index (χ3v) is 7.95. The highest BCUT2D eigenvalue weighted by molar-refractivity contribution is 5.93. The maximum Gasteiger partial charge on any atom is 0.272 e. The lowest BCUT2D eigenvalue weighted by molar-refractivity contribution is 0.0602. The Hall–Kier alpha value is -3.76. The Bertz CT molecular complexity index is 1330. The van der Waals surface area contributed by atoms with Gasteiger partial charge in [0.25, 0.3) is 5.91 Å². The van der Waals surface area contributed by atoms with Crippen LogP contribution in [0.25, 0.3) is 11.1 Å². The summed E-state index contributed by atoms with van der Waals surface area (Å²) in [6.45, 7) is 8.03. The molecule has 2 aromatic heterocycles. The lowest BCUT2D eigenvalue weighted by Gasteiger charge is -2.37. The number of carbonyl (C=O) groups is 1. The van der Waals surface area contributed by atoms with Gasteiger partial charge in [0.05, 0.1) is 0 Å². The molecule has 10 heteroatoms. The van der Waals surface area contributed by atoms with Crippen molar-refractivity contribution >= 4 is 23.5 Å². The number of amides is 1. The predicted octanol–water partition coefficient (Wildman–Crippen LogP) is 1.61. The van der Waals surface area contributed by atoms with Gasteiger partial charge in [-0.15, -0.1) is 0 Å². The Balaban J connectivity index is 1.22. The average Bonchev–Trinajstić information content (AvgIpc) is 2.90. The first kappa shape index (κ1) is 24.6. The number of benzene rings is 1. The van der Waals surface area contributed by atoms with Crippen molar-refractivity contribution in [2.45, 2.75) is 32.0 Å². The number of nitrogens with two attached hydrogens (primary N) is 2. The van der Waals surface area contributed by atoms with Gasteiger partial charge in [-0.05, 0) is 49.2 Å². The zero-order valence-corrected chi connectivity index (χ0v) is 22.0. The SMILES string of the molecule is CC1Cc2ccc(-c3ccc(C(=O)N4CC(N)C4)nc3)cc2CN1c1cc(N2CCN(C)CC2)nc(N)n1. The molecule has 1 amide bonds. The summed E-state index contributed by atoms with van der Waals surface area (Å²) in [7, 11) is 2.14. The van der Waals surface area contributed by atoms with E-state index in [0.29, 0.717) is 24.7 Å². The Morgan fingerprint density at radius 3 is 2.39 bits per heavy atom. The van der Waals surface area contributed by atoms with Gasteiger partial charge in [-0.25, -0.2) is 0 Å². The van der Waals surface area contributed by atoms with Crippen molar-refractivity contribution in [2.75, 3.05) is 61.8 Å². The van der Waals surface area contributed by atoms with Crippen LogP contribution in [0.2, 0.25) is 0 Å². The van der Waals surface area contributed by atoms with E-state index in [2.05, 4.69) is 67.9 Å². The molecule has 2 fully saturated rings. The first-order valence-corrected chi connectivity index (χ1v) is 13.3. The number of nitrogen functional groups attached to an aromatic ring is 1. The number of aromatic nitrogens is 3. The minimum absolute atomic E-state index is 0.0617. The molecule has 198 valence electrons. The molecule has 3 aliphatic rings. The van der Waals surface area contributed by atoms with Gasteiger partial charge in [0.2, 0.25) is 5.95 Å². The van der Waals surface area contributed by atoms with Crippen LogP contribution in [0.15, 0.2) is 42.6 Å². The molecular formula is C28H35N9O. The third kappa shape index (κ3) is 4.77. The van der Waals surface area contributed by atoms with Crippen molar-refractivity contribution in [3.05, 3.63) is 59.4 Å². The molecule has 3 aromatic rings. The monoisotopic (exact) mass is 513 g/mol. The van der Waals surface area contributed by atoms with Gasteiger partial charge in [-0.3, -0.25) is 9.78 Å². The summed E-state index contributed by atoms with van der Waals surface area (Å²) in [6, 6.07) is 12.8.